The normalized spacial score (nSPS) is 12.7. The highest BCUT2D eigenvalue weighted by Crippen LogP contribution is 2.28. The lowest BCUT2D eigenvalue weighted by Crippen LogP contribution is -2.53. The van der Waals surface area contributed by atoms with Gasteiger partial charge in [0.05, 0.1) is 17.7 Å². The van der Waals surface area contributed by atoms with Gasteiger partial charge in [-0.2, -0.15) is 0 Å². The topological polar surface area (TPSA) is 96.0 Å². The molecule has 9 heteroatoms. The maximum Gasteiger partial charge on any atom is 0.264 e. The highest BCUT2D eigenvalue weighted by molar-refractivity contribution is 7.92. The Morgan fingerprint density at radius 2 is 1.63 bits per heavy atom. The second kappa shape index (κ2) is 14.2. The van der Waals surface area contributed by atoms with Crippen molar-refractivity contribution in [3.63, 3.8) is 0 Å². The van der Waals surface area contributed by atoms with Gasteiger partial charge in [-0.05, 0) is 75.1 Å². The van der Waals surface area contributed by atoms with Crippen LogP contribution in [0.3, 0.4) is 0 Å². The molecule has 0 heterocycles. The molecule has 2 amide bonds. The Morgan fingerprint density at radius 3 is 2.24 bits per heavy atom. The number of rotatable bonds is 13. The number of benzene rings is 3. The lowest BCUT2D eigenvalue weighted by atomic mass is 10.1. The van der Waals surface area contributed by atoms with E-state index in [1.54, 1.807) is 37.4 Å². The summed E-state index contributed by atoms with van der Waals surface area (Å²) in [5.74, 6) is -0.143. The van der Waals surface area contributed by atoms with E-state index in [2.05, 4.69) is 5.32 Å². The van der Waals surface area contributed by atoms with Gasteiger partial charge in [-0.15, -0.1) is 0 Å². The van der Waals surface area contributed by atoms with Crippen molar-refractivity contribution in [3.05, 3.63) is 89.5 Å². The van der Waals surface area contributed by atoms with Crippen molar-refractivity contribution < 1.29 is 22.7 Å². The average Bonchev–Trinajstić information content (AvgIpc) is 2.96. The van der Waals surface area contributed by atoms with Gasteiger partial charge in [0.25, 0.3) is 10.0 Å². The van der Waals surface area contributed by atoms with Crippen molar-refractivity contribution in [1.82, 2.24) is 10.2 Å². The summed E-state index contributed by atoms with van der Waals surface area (Å²) in [6.45, 7) is 9.11. The van der Waals surface area contributed by atoms with E-state index in [9.17, 15) is 18.0 Å². The summed E-state index contributed by atoms with van der Waals surface area (Å²) in [4.78, 5) is 29.2. The van der Waals surface area contributed by atoms with Gasteiger partial charge in [0.1, 0.15) is 18.3 Å². The molecule has 1 N–H and O–H groups in total. The van der Waals surface area contributed by atoms with Crippen LogP contribution in [0.5, 0.6) is 5.75 Å². The molecule has 3 aromatic carbocycles. The molecule has 8 nitrogen and oxygen atoms in total. The summed E-state index contributed by atoms with van der Waals surface area (Å²) in [7, 11) is -2.55. The number of nitrogens with zero attached hydrogens (tertiary/aromatic N) is 2. The Balaban J connectivity index is 2.09. The van der Waals surface area contributed by atoms with Crippen molar-refractivity contribution in [2.24, 2.45) is 0 Å². The van der Waals surface area contributed by atoms with Crippen LogP contribution in [-0.2, 0) is 26.2 Å². The first-order valence-electron chi connectivity index (χ1n) is 13.9. The predicted octanol–water partition coefficient (Wildman–Crippen LogP) is 5.23. The number of hydrogen-bond donors (Lipinski definition) is 1. The number of ether oxygens (including phenoxy) is 1. The third kappa shape index (κ3) is 7.88. The molecule has 0 spiro atoms. The third-order valence-corrected chi connectivity index (χ3v) is 8.88. The van der Waals surface area contributed by atoms with Gasteiger partial charge in [-0.1, -0.05) is 61.9 Å². The quantitative estimate of drug-likeness (QED) is 0.299. The van der Waals surface area contributed by atoms with Gasteiger partial charge < -0.3 is 15.0 Å². The van der Waals surface area contributed by atoms with E-state index in [4.69, 9.17) is 4.74 Å². The van der Waals surface area contributed by atoms with E-state index in [-0.39, 0.29) is 23.4 Å². The standard InChI is InChI=1S/C32H41N3O5S/c1-7-25(5)33-32(37)29(8-2)34(21-26-13-12-14-27(20-26)40-6)31(36)22-35(30-18-17-23(3)19-24(30)4)41(38,39)28-15-10-9-11-16-28/h9-20,25,29H,7-8,21-22H2,1-6H3,(H,33,37)/t25-,29-/m1/s1. The zero-order valence-corrected chi connectivity index (χ0v) is 25.6. The van der Waals surface area contributed by atoms with Crippen LogP contribution in [0.2, 0.25) is 0 Å². The Kier molecular flexibility index (Phi) is 10.9. The van der Waals surface area contributed by atoms with Crippen LogP contribution in [-0.4, -0.2) is 50.9 Å². The number of carbonyl (C=O) groups is 2. The number of hydrogen-bond acceptors (Lipinski definition) is 5. The maximum absolute atomic E-state index is 14.2. The van der Waals surface area contributed by atoms with E-state index < -0.39 is 28.5 Å². The number of methoxy groups -OCH3 is 1. The molecule has 0 radical (unpaired) electrons. The summed E-state index contributed by atoms with van der Waals surface area (Å²) in [5.41, 5.74) is 2.86. The zero-order valence-electron chi connectivity index (χ0n) is 24.8. The van der Waals surface area contributed by atoms with Crippen molar-refractivity contribution >= 4 is 27.5 Å². The highest BCUT2D eigenvalue weighted by Gasteiger charge is 2.34. The highest BCUT2D eigenvalue weighted by atomic mass is 32.2. The number of amides is 2. The smallest absolute Gasteiger partial charge is 0.264 e. The minimum Gasteiger partial charge on any atom is -0.497 e. The van der Waals surface area contributed by atoms with Crippen molar-refractivity contribution in [2.45, 2.75) is 71.0 Å². The van der Waals surface area contributed by atoms with Gasteiger partial charge in [0.2, 0.25) is 11.8 Å². The summed E-state index contributed by atoms with van der Waals surface area (Å²) in [6.07, 6.45) is 1.09. The maximum atomic E-state index is 14.2. The fourth-order valence-electron chi connectivity index (χ4n) is 4.65. The molecule has 0 aliphatic rings. The lowest BCUT2D eigenvalue weighted by molar-refractivity contribution is -0.140. The Morgan fingerprint density at radius 1 is 0.927 bits per heavy atom. The van der Waals surface area contributed by atoms with Gasteiger partial charge in [0, 0.05) is 12.6 Å². The van der Waals surface area contributed by atoms with E-state index in [1.807, 2.05) is 65.0 Å². The van der Waals surface area contributed by atoms with Crippen LogP contribution < -0.4 is 14.4 Å². The van der Waals surface area contributed by atoms with Crippen molar-refractivity contribution in [1.29, 1.82) is 0 Å². The molecule has 0 bridgehead atoms. The van der Waals surface area contributed by atoms with Gasteiger partial charge in [-0.25, -0.2) is 8.42 Å². The molecule has 41 heavy (non-hydrogen) atoms. The molecule has 0 aromatic heterocycles. The summed E-state index contributed by atoms with van der Waals surface area (Å²) >= 11 is 0. The monoisotopic (exact) mass is 579 g/mol. The molecule has 0 saturated carbocycles. The number of sulfonamides is 1. The van der Waals surface area contributed by atoms with Crippen LogP contribution in [0.4, 0.5) is 5.69 Å². The van der Waals surface area contributed by atoms with Crippen molar-refractivity contribution in [3.8, 4) is 5.75 Å². The number of carbonyl (C=O) groups excluding carboxylic acids is 2. The Hall–Kier alpha value is -3.85. The number of anilines is 1. The molecule has 0 aliphatic heterocycles. The second-order valence-corrected chi connectivity index (χ2v) is 12.1. The summed E-state index contributed by atoms with van der Waals surface area (Å²) < 4.78 is 34.5. The summed E-state index contributed by atoms with van der Waals surface area (Å²) in [6, 6.07) is 19.9. The largest absolute Gasteiger partial charge is 0.497 e. The second-order valence-electron chi connectivity index (χ2n) is 10.2. The van der Waals surface area contributed by atoms with E-state index in [0.717, 1.165) is 27.4 Å². The van der Waals surface area contributed by atoms with Crippen LogP contribution in [0.1, 0.15) is 50.3 Å². The van der Waals surface area contributed by atoms with Crippen LogP contribution in [0.25, 0.3) is 0 Å². The van der Waals surface area contributed by atoms with Crippen molar-refractivity contribution in [2.75, 3.05) is 18.0 Å². The molecule has 220 valence electrons. The number of nitrogens with one attached hydrogen (secondary N) is 1. The molecular formula is C32H41N3O5S. The molecule has 2 atom stereocenters. The Labute approximate surface area is 244 Å². The minimum atomic E-state index is -4.11. The molecule has 0 saturated heterocycles. The summed E-state index contributed by atoms with van der Waals surface area (Å²) in [5, 5.41) is 2.99. The fraction of sp³-hybridized carbons (Fsp3) is 0.375. The fourth-order valence-corrected chi connectivity index (χ4v) is 6.15. The average molecular weight is 580 g/mol. The molecule has 3 aromatic rings. The Bertz CT molecular complexity index is 1440. The molecule has 0 unspecified atom stereocenters. The predicted molar refractivity (Wildman–Crippen MR) is 162 cm³/mol. The molecule has 0 fully saturated rings. The van der Waals surface area contributed by atoms with E-state index in [0.29, 0.717) is 17.9 Å². The molecule has 3 rings (SSSR count). The third-order valence-electron chi connectivity index (χ3n) is 7.11. The lowest BCUT2D eigenvalue weighted by Gasteiger charge is -2.34. The van der Waals surface area contributed by atoms with Gasteiger partial charge in [0.15, 0.2) is 0 Å². The first-order valence-corrected chi connectivity index (χ1v) is 15.3. The van der Waals surface area contributed by atoms with Crippen LogP contribution in [0.15, 0.2) is 77.7 Å². The number of aryl methyl sites for hydroxylation is 2. The minimum absolute atomic E-state index is 0.0736. The van der Waals surface area contributed by atoms with Gasteiger partial charge >= 0.3 is 0 Å². The van der Waals surface area contributed by atoms with Crippen LogP contribution in [0, 0.1) is 13.8 Å². The van der Waals surface area contributed by atoms with E-state index >= 15 is 0 Å². The van der Waals surface area contributed by atoms with Crippen LogP contribution >= 0.6 is 0 Å². The van der Waals surface area contributed by atoms with E-state index in [1.165, 1.54) is 17.0 Å². The SMILES string of the molecule is CC[C@@H](C)NC(=O)[C@@H](CC)N(Cc1cccc(OC)c1)C(=O)CN(c1ccc(C)cc1C)S(=O)(=O)c1ccccc1. The molecular weight excluding hydrogens is 538 g/mol. The molecule has 0 aliphatic carbocycles. The first kappa shape index (κ1) is 31.7. The zero-order chi connectivity index (χ0) is 30.2. The van der Waals surface area contributed by atoms with Gasteiger partial charge in [-0.3, -0.25) is 13.9 Å². The first-order chi connectivity index (χ1) is 19.5.